The quantitative estimate of drug-likeness (QED) is 0.546. The van der Waals surface area contributed by atoms with E-state index < -0.39 is 5.91 Å². The SMILES string of the molecule is COc1ccc(Cl)cc1C(=O)NC(=S)Nc1ccc(NC(=S)NC(C)=O)cc1. The third kappa shape index (κ3) is 6.45. The Hall–Kier alpha value is -2.75. The molecular weight excluding hydrogens is 420 g/mol. The normalized spacial score (nSPS) is 9.82. The first-order valence-electron chi connectivity index (χ1n) is 7.93. The molecule has 0 heterocycles. The molecule has 2 aromatic rings. The molecule has 0 aliphatic carbocycles. The fourth-order valence-electron chi connectivity index (χ4n) is 2.15. The van der Waals surface area contributed by atoms with Crippen LogP contribution in [0.15, 0.2) is 42.5 Å². The Morgan fingerprint density at radius 1 is 0.929 bits per heavy atom. The second kappa shape index (κ2) is 9.98. The summed E-state index contributed by atoms with van der Waals surface area (Å²) in [4.78, 5) is 23.4. The van der Waals surface area contributed by atoms with Gasteiger partial charge in [0.1, 0.15) is 5.75 Å². The lowest BCUT2D eigenvalue weighted by Gasteiger charge is -2.13. The lowest BCUT2D eigenvalue weighted by Crippen LogP contribution is -2.34. The summed E-state index contributed by atoms with van der Waals surface area (Å²) in [6.45, 7) is 1.37. The maximum Gasteiger partial charge on any atom is 0.261 e. The minimum absolute atomic E-state index is 0.113. The van der Waals surface area contributed by atoms with E-state index in [1.807, 2.05) is 0 Å². The average molecular weight is 437 g/mol. The van der Waals surface area contributed by atoms with Crippen LogP contribution in [0.1, 0.15) is 17.3 Å². The molecule has 2 rings (SSSR count). The minimum Gasteiger partial charge on any atom is -0.496 e. The van der Waals surface area contributed by atoms with Crippen molar-refractivity contribution in [2.45, 2.75) is 6.92 Å². The van der Waals surface area contributed by atoms with E-state index in [1.54, 1.807) is 36.4 Å². The molecule has 0 saturated heterocycles. The van der Waals surface area contributed by atoms with Gasteiger partial charge in [0.05, 0.1) is 12.7 Å². The van der Waals surface area contributed by atoms with Crippen molar-refractivity contribution < 1.29 is 14.3 Å². The Morgan fingerprint density at radius 2 is 1.46 bits per heavy atom. The summed E-state index contributed by atoms with van der Waals surface area (Å²) in [5.74, 6) is -0.320. The van der Waals surface area contributed by atoms with E-state index in [0.717, 1.165) is 0 Å². The van der Waals surface area contributed by atoms with Crippen LogP contribution in [0.25, 0.3) is 0 Å². The molecule has 0 bridgehead atoms. The number of anilines is 2. The van der Waals surface area contributed by atoms with Crippen molar-refractivity contribution in [3.05, 3.63) is 53.1 Å². The van der Waals surface area contributed by atoms with Crippen LogP contribution >= 0.6 is 36.0 Å². The van der Waals surface area contributed by atoms with Crippen LogP contribution in [-0.4, -0.2) is 29.1 Å². The second-order valence-corrected chi connectivity index (χ2v) is 6.72. The Labute approximate surface area is 177 Å². The highest BCUT2D eigenvalue weighted by atomic mass is 35.5. The highest BCUT2D eigenvalue weighted by Crippen LogP contribution is 2.22. The highest BCUT2D eigenvalue weighted by molar-refractivity contribution is 7.80. The molecule has 4 N–H and O–H groups in total. The number of benzene rings is 2. The van der Waals surface area contributed by atoms with Crippen molar-refractivity contribution in [1.82, 2.24) is 10.6 Å². The molecule has 7 nitrogen and oxygen atoms in total. The molecule has 10 heteroatoms. The molecule has 0 fully saturated rings. The molecule has 0 spiro atoms. The fraction of sp³-hybridized carbons (Fsp3) is 0.111. The number of hydrogen-bond donors (Lipinski definition) is 4. The molecule has 2 amide bonds. The van der Waals surface area contributed by atoms with Crippen molar-refractivity contribution >= 4 is 69.5 Å². The van der Waals surface area contributed by atoms with Gasteiger partial charge in [-0.05, 0) is 66.9 Å². The molecule has 28 heavy (non-hydrogen) atoms. The van der Waals surface area contributed by atoms with E-state index in [9.17, 15) is 9.59 Å². The van der Waals surface area contributed by atoms with E-state index >= 15 is 0 Å². The first-order chi connectivity index (χ1) is 13.3. The summed E-state index contributed by atoms with van der Waals surface area (Å²) in [7, 11) is 1.46. The van der Waals surface area contributed by atoms with Crippen LogP contribution in [0.3, 0.4) is 0 Å². The predicted octanol–water partition coefficient (Wildman–Crippen LogP) is 3.31. The summed E-state index contributed by atoms with van der Waals surface area (Å²) >= 11 is 16.1. The first kappa shape index (κ1) is 21.5. The average Bonchev–Trinajstić information content (AvgIpc) is 2.62. The lowest BCUT2D eigenvalue weighted by atomic mass is 10.2. The van der Waals surface area contributed by atoms with Crippen LogP contribution in [0, 0.1) is 0 Å². The van der Waals surface area contributed by atoms with Gasteiger partial charge in [-0.25, -0.2) is 0 Å². The summed E-state index contributed by atoms with van der Waals surface area (Å²) < 4.78 is 5.16. The molecular formula is C18H17ClN4O3S2. The van der Waals surface area contributed by atoms with Crippen LogP contribution in [0.2, 0.25) is 5.02 Å². The molecule has 2 aromatic carbocycles. The predicted molar refractivity (Wildman–Crippen MR) is 118 cm³/mol. The summed E-state index contributed by atoms with van der Waals surface area (Å²) in [5.41, 5.74) is 1.60. The Morgan fingerprint density at radius 3 is 1.96 bits per heavy atom. The van der Waals surface area contributed by atoms with Crippen LogP contribution in [0.5, 0.6) is 5.75 Å². The Bertz CT molecular complexity index is 920. The largest absolute Gasteiger partial charge is 0.496 e. The Balaban J connectivity index is 1.96. The van der Waals surface area contributed by atoms with Gasteiger partial charge in [-0.1, -0.05) is 11.6 Å². The van der Waals surface area contributed by atoms with E-state index in [2.05, 4.69) is 21.3 Å². The first-order valence-corrected chi connectivity index (χ1v) is 9.12. The van der Waals surface area contributed by atoms with E-state index in [1.165, 1.54) is 20.1 Å². The number of hydrogen-bond acceptors (Lipinski definition) is 5. The van der Waals surface area contributed by atoms with Gasteiger partial charge in [0.25, 0.3) is 5.91 Å². The van der Waals surface area contributed by atoms with E-state index in [-0.39, 0.29) is 21.7 Å². The number of halogens is 1. The van der Waals surface area contributed by atoms with Crippen molar-refractivity contribution in [1.29, 1.82) is 0 Å². The lowest BCUT2D eigenvalue weighted by molar-refractivity contribution is -0.117. The third-order valence-electron chi connectivity index (χ3n) is 3.32. The minimum atomic E-state index is -0.448. The van der Waals surface area contributed by atoms with Crippen LogP contribution < -0.4 is 26.0 Å². The van der Waals surface area contributed by atoms with Gasteiger partial charge in [0.2, 0.25) is 5.91 Å². The van der Waals surface area contributed by atoms with Crippen molar-refractivity contribution in [3.8, 4) is 5.75 Å². The zero-order valence-corrected chi connectivity index (χ0v) is 17.3. The summed E-state index contributed by atoms with van der Waals surface area (Å²) in [6.07, 6.45) is 0. The smallest absolute Gasteiger partial charge is 0.261 e. The number of thiocarbonyl (C=S) groups is 2. The maximum atomic E-state index is 12.4. The molecule has 0 aromatic heterocycles. The van der Waals surface area contributed by atoms with Gasteiger partial charge in [0.15, 0.2) is 10.2 Å². The van der Waals surface area contributed by atoms with Crippen LogP contribution in [-0.2, 0) is 4.79 Å². The topological polar surface area (TPSA) is 91.5 Å². The van der Waals surface area contributed by atoms with Gasteiger partial charge < -0.3 is 20.7 Å². The number of methoxy groups -OCH3 is 1. The van der Waals surface area contributed by atoms with Gasteiger partial charge in [-0.15, -0.1) is 0 Å². The number of carbonyl (C=O) groups excluding carboxylic acids is 2. The molecule has 146 valence electrons. The zero-order valence-electron chi connectivity index (χ0n) is 15.0. The second-order valence-electron chi connectivity index (χ2n) is 5.47. The highest BCUT2D eigenvalue weighted by Gasteiger charge is 2.14. The number of carbonyl (C=O) groups is 2. The van der Waals surface area contributed by atoms with Gasteiger partial charge in [-0.3, -0.25) is 14.9 Å². The number of nitrogens with one attached hydrogen (secondary N) is 4. The number of amides is 2. The van der Waals surface area contributed by atoms with Crippen molar-refractivity contribution in [3.63, 3.8) is 0 Å². The number of ether oxygens (including phenoxy) is 1. The summed E-state index contributed by atoms with van der Waals surface area (Å²) in [6, 6.07) is 11.7. The molecule has 0 aliphatic rings. The van der Waals surface area contributed by atoms with E-state index in [4.69, 9.17) is 40.8 Å². The monoisotopic (exact) mass is 436 g/mol. The van der Waals surface area contributed by atoms with Gasteiger partial charge in [-0.2, -0.15) is 0 Å². The third-order valence-corrected chi connectivity index (χ3v) is 3.97. The maximum absolute atomic E-state index is 12.4. The molecule has 0 atom stereocenters. The molecule has 0 radical (unpaired) electrons. The zero-order chi connectivity index (χ0) is 20.7. The standard InChI is InChI=1S/C18H17ClN4O3S2/c1-10(24)20-17(27)21-12-4-6-13(7-5-12)22-18(28)23-16(25)14-9-11(19)3-8-15(14)26-2/h3-9H,1-2H3,(H2,20,21,24,27)(H2,22,23,25,28). The molecule has 0 saturated carbocycles. The molecule has 0 aliphatic heterocycles. The van der Waals surface area contributed by atoms with Crippen molar-refractivity contribution in [2.75, 3.05) is 17.7 Å². The van der Waals surface area contributed by atoms with Gasteiger partial charge in [0, 0.05) is 23.3 Å². The van der Waals surface area contributed by atoms with Gasteiger partial charge >= 0.3 is 0 Å². The summed E-state index contributed by atoms with van der Waals surface area (Å²) in [5, 5.41) is 11.5. The van der Waals surface area contributed by atoms with E-state index in [0.29, 0.717) is 22.1 Å². The van der Waals surface area contributed by atoms with Crippen LogP contribution in [0.4, 0.5) is 11.4 Å². The van der Waals surface area contributed by atoms with Crippen molar-refractivity contribution in [2.24, 2.45) is 0 Å². The fourth-order valence-corrected chi connectivity index (χ4v) is 2.79. The number of rotatable bonds is 4. The Kier molecular flexibility index (Phi) is 7.68. The molecule has 0 unspecified atom stereocenters.